The van der Waals surface area contributed by atoms with Crippen LogP contribution in [0.2, 0.25) is 0 Å². The van der Waals surface area contributed by atoms with Crippen LogP contribution in [0.5, 0.6) is 0 Å². The third-order valence-corrected chi connectivity index (χ3v) is 3.36. The summed E-state index contributed by atoms with van der Waals surface area (Å²) < 4.78 is 34.6. The van der Waals surface area contributed by atoms with E-state index < -0.39 is 22.2 Å². The lowest BCUT2D eigenvalue weighted by Crippen LogP contribution is -2.44. The SMILES string of the molecule is CCCCCC(C(C)=O)C(Cl)(Cl)C(F)(F)F. The topological polar surface area (TPSA) is 17.1 Å². The molecular formula is C10H15Cl2F3O. The lowest BCUT2D eigenvalue weighted by molar-refractivity contribution is -0.159. The number of ketones is 1. The Morgan fingerprint density at radius 2 is 1.75 bits per heavy atom. The van der Waals surface area contributed by atoms with Crippen LogP contribution in [0, 0.1) is 5.92 Å². The summed E-state index contributed by atoms with van der Waals surface area (Å²) >= 11 is 10.5. The summed E-state index contributed by atoms with van der Waals surface area (Å²) in [6.07, 6.45) is -2.61. The molecule has 0 aliphatic carbocycles. The van der Waals surface area contributed by atoms with E-state index >= 15 is 0 Å². The van der Waals surface area contributed by atoms with Crippen LogP contribution in [0.1, 0.15) is 39.5 Å². The average Bonchev–Trinajstić information content (AvgIpc) is 2.09. The smallest absolute Gasteiger partial charge is 0.300 e. The minimum atomic E-state index is -4.79. The van der Waals surface area contributed by atoms with Crippen molar-refractivity contribution >= 4 is 29.0 Å². The fraction of sp³-hybridized carbons (Fsp3) is 0.900. The molecule has 0 saturated heterocycles. The highest BCUT2D eigenvalue weighted by atomic mass is 35.5. The van der Waals surface area contributed by atoms with Gasteiger partial charge in [-0.2, -0.15) is 13.2 Å². The summed E-state index contributed by atoms with van der Waals surface area (Å²) in [6, 6.07) is 0. The van der Waals surface area contributed by atoms with Gasteiger partial charge >= 0.3 is 6.18 Å². The van der Waals surface area contributed by atoms with Crippen LogP contribution in [-0.2, 0) is 4.79 Å². The van der Waals surface area contributed by atoms with E-state index in [4.69, 9.17) is 23.2 Å². The van der Waals surface area contributed by atoms with Crippen LogP contribution in [-0.4, -0.2) is 16.3 Å². The summed E-state index contributed by atoms with van der Waals surface area (Å²) in [4.78, 5) is 11.2. The van der Waals surface area contributed by atoms with Crippen LogP contribution in [0.3, 0.4) is 0 Å². The zero-order valence-corrected chi connectivity index (χ0v) is 10.7. The van der Waals surface area contributed by atoms with Gasteiger partial charge in [-0.25, -0.2) is 0 Å². The van der Waals surface area contributed by atoms with E-state index in [1.54, 1.807) is 0 Å². The van der Waals surface area contributed by atoms with E-state index in [0.29, 0.717) is 6.42 Å². The Kier molecular flexibility index (Phi) is 6.12. The Morgan fingerprint density at radius 1 is 1.25 bits per heavy atom. The Bertz CT molecular complexity index is 239. The van der Waals surface area contributed by atoms with Crippen LogP contribution in [0.25, 0.3) is 0 Å². The predicted molar refractivity (Wildman–Crippen MR) is 58.8 cm³/mol. The van der Waals surface area contributed by atoms with Gasteiger partial charge in [-0.05, 0) is 13.3 Å². The van der Waals surface area contributed by atoms with Gasteiger partial charge in [0.25, 0.3) is 0 Å². The highest BCUT2D eigenvalue weighted by molar-refractivity contribution is 6.50. The van der Waals surface area contributed by atoms with Crippen molar-refractivity contribution in [2.75, 3.05) is 0 Å². The number of unbranched alkanes of at least 4 members (excludes halogenated alkanes) is 2. The third-order valence-electron chi connectivity index (χ3n) is 2.40. The molecule has 0 heterocycles. The standard InChI is InChI=1S/C10H15Cl2F3O/c1-3-4-5-6-8(7(2)16)9(11,12)10(13,14)15/h8H,3-6H2,1-2H3. The lowest BCUT2D eigenvalue weighted by atomic mass is 9.93. The number of carbonyl (C=O) groups excluding carboxylic acids is 1. The number of hydrogen-bond donors (Lipinski definition) is 0. The third kappa shape index (κ3) is 4.13. The normalized spacial score (nSPS) is 14.9. The summed E-state index contributed by atoms with van der Waals surface area (Å²) in [5, 5.41) is 0. The van der Waals surface area contributed by atoms with E-state index in [9.17, 15) is 18.0 Å². The van der Waals surface area contributed by atoms with E-state index in [1.165, 1.54) is 0 Å². The number of halogens is 5. The highest BCUT2D eigenvalue weighted by Crippen LogP contribution is 2.47. The first-order valence-corrected chi connectivity index (χ1v) is 5.85. The van der Waals surface area contributed by atoms with Crippen molar-refractivity contribution in [2.45, 2.75) is 50.0 Å². The summed E-state index contributed by atoms with van der Waals surface area (Å²) in [5.41, 5.74) is 0. The molecule has 96 valence electrons. The first kappa shape index (κ1) is 16.0. The van der Waals surface area contributed by atoms with E-state index in [0.717, 1.165) is 19.8 Å². The van der Waals surface area contributed by atoms with Crippen LogP contribution >= 0.6 is 23.2 Å². The van der Waals surface area contributed by atoms with Gasteiger partial charge in [-0.1, -0.05) is 49.4 Å². The Hall–Kier alpha value is 0.0400. The van der Waals surface area contributed by atoms with Gasteiger partial charge in [0.2, 0.25) is 4.33 Å². The van der Waals surface area contributed by atoms with E-state index in [1.807, 2.05) is 6.92 Å². The monoisotopic (exact) mass is 278 g/mol. The van der Waals surface area contributed by atoms with Crippen molar-refractivity contribution in [3.63, 3.8) is 0 Å². The molecule has 0 rings (SSSR count). The van der Waals surface area contributed by atoms with Gasteiger partial charge in [0.15, 0.2) is 0 Å². The fourth-order valence-electron chi connectivity index (χ4n) is 1.44. The maximum Gasteiger partial charge on any atom is 0.422 e. The first-order chi connectivity index (χ1) is 7.14. The molecule has 0 radical (unpaired) electrons. The Morgan fingerprint density at radius 3 is 2.06 bits per heavy atom. The van der Waals surface area contributed by atoms with Crippen LogP contribution in [0.4, 0.5) is 13.2 Å². The van der Waals surface area contributed by atoms with Gasteiger partial charge in [0.05, 0.1) is 5.92 Å². The molecule has 0 fully saturated rings. The molecule has 0 saturated carbocycles. The number of hydrogen-bond acceptors (Lipinski definition) is 1. The molecule has 0 aliphatic heterocycles. The van der Waals surface area contributed by atoms with Crippen molar-refractivity contribution in [1.82, 2.24) is 0 Å². The van der Waals surface area contributed by atoms with Crippen LogP contribution < -0.4 is 0 Å². The molecule has 16 heavy (non-hydrogen) atoms. The number of alkyl halides is 5. The maximum atomic E-state index is 12.5. The molecule has 1 atom stereocenters. The van der Waals surface area contributed by atoms with Gasteiger partial charge < -0.3 is 0 Å². The minimum Gasteiger partial charge on any atom is -0.300 e. The molecule has 0 aromatic heterocycles. The first-order valence-electron chi connectivity index (χ1n) is 5.09. The van der Waals surface area contributed by atoms with Gasteiger partial charge in [0, 0.05) is 0 Å². The minimum absolute atomic E-state index is 0.0652. The number of rotatable bonds is 6. The van der Waals surface area contributed by atoms with Gasteiger partial charge in [-0.15, -0.1) is 0 Å². The lowest BCUT2D eigenvalue weighted by Gasteiger charge is -2.30. The molecule has 1 nitrogen and oxygen atoms in total. The average molecular weight is 279 g/mol. The largest absolute Gasteiger partial charge is 0.422 e. The fourth-order valence-corrected chi connectivity index (χ4v) is 1.96. The molecular weight excluding hydrogens is 264 g/mol. The molecule has 0 amide bonds. The molecule has 0 N–H and O–H groups in total. The molecule has 0 aromatic carbocycles. The van der Waals surface area contributed by atoms with Crippen LogP contribution in [0.15, 0.2) is 0 Å². The predicted octanol–water partition coefficient (Wildman–Crippen LogP) is 4.51. The Labute approximate surface area is 103 Å². The highest BCUT2D eigenvalue weighted by Gasteiger charge is 2.58. The van der Waals surface area contributed by atoms with Crippen molar-refractivity contribution in [1.29, 1.82) is 0 Å². The second-order valence-electron chi connectivity index (χ2n) is 3.78. The second-order valence-corrected chi connectivity index (χ2v) is 5.17. The molecule has 0 spiro atoms. The van der Waals surface area contributed by atoms with Crippen molar-refractivity contribution in [2.24, 2.45) is 5.92 Å². The molecule has 1 unspecified atom stereocenters. The van der Waals surface area contributed by atoms with E-state index in [2.05, 4.69) is 0 Å². The summed E-state index contributed by atoms with van der Waals surface area (Å²) in [6.45, 7) is 3.00. The van der Waals surface area contributed by atoms with E-state index in [-0.39, 0.29) is 6.42 Å². The van der Waals surface area contributed by atoms with Crippen molar-refractivity contribution in [3.05, 3.63) is 0 Å². The maximum absolute atomic E-state index is 12.5. The molecule has 6 heteroatoms. The zero-order valence-electron chi connectivity index (χ0n) is 9.20. The number of Topliss-reactive ketones (excluding diaryl/α,β-unsaturated/α-hetero) is 1. The summed E-state index contributed by atoms with van der Waals surface area (Å²) in [5.74, 6) is -2.01. The zero-order chi connectivity index (χ0) is 13.0. The quantitative estimate of drug-likeness (QED) is 0.516. The molecule has 0 aliphatic rings. The Balaban J connectivity index is 4.71. The van der Waals surface area contributed by atoms with Gasteiger partial charge in [-0.3, -0.25) is 4.79 Å². The second kappa shape index (κ2) is 6.10. The van der Waals surface area contributed by atoms with Crippen molar-refractivity contribution in [3.8, 4) is 0 Å². The number of carbonyl (C=O) groups is 1. The van der Waals surface area contributed by atoms with Crippen molar-refractivity contribution < 1.29 is 18.0 Å². The van der Waals surface area contributed by atoms with Gasteiger partial charge in [0.1, 0.15) is 5.78 Å². The summed E-state index contributed by atoms with van der Waals surface area (Å²) in [7, 11) is 0. The molecule has 0 aromatic rings. The molecule has 0 bridgehead atoms.